The van der Waals surface area contributed by atoms with Crippen LogP contribution in [-0.2, 0) is 5.41 Å². The van der Waals surface area contributed by atoms with E-state index in [2.05, 4.69) is 4.98 Å². The lowest BCUT2D eigenvalue weighted by molar-refractivity contribution is 0.676. The van der Waals surface area contributed by atoms with E-state index in [1.165, 1.54) is 0 Å². The SMILES string of the molecule is CC(C)(C(=N)N)c1ccccn1. The smallest absolute Gasteiger partial charge is 0.102 e. The lowest BCUT2D eigenvalue weighted by Gasteiger charge is -2.21. The molecule has 12 heavy (non-hydrogen) atoms. The first-order valence-electron chi connectivity index (χ1n) is 3.81. The zero-order valence-electron chi connectivity index (χ0n) is 7.33. The Labute approximate surface area is 72.1 Å². The maximum Gasteiger partial charge on any atom is 0.102 e. The Kier molecular flexibility index (Phi) is 2.13. The number of amidine groups is 1. The lowest BCUT2D eigenvalue weighted by Crippen LogP contribution is -2.35. The minimum absolute atomic E-state index is 0.140. The average molecular weight is 163 g/mol. The lowest BCUT2D eigenvalue weighted by atomic mass is 9.88. The van der Waals surface area contributed by atoms with Crippen molar-refractivity contribution in [2.75, 3.05) is 0 Å². The van der Waals surface area contributed by atoms with E-state index < -0.39 is 5.41 Å². The van der Waals surface area contributed by atoms with E-state index in [1.54, 1.807) is 6.20 Å². The van der Waals surface area contributed by atoms with Gasteiger partial charge in [0.1, 0.15) is 5.84 Å². The van der Waals surface area contributed by atoms with Crippen LogP contribution in [0.5, 0.6) is 0 Å². The van der Waals surface area contributed by atoms with Crippen molar-refractivity contribution in [2.24, 2.45) is 5.73 Å². The summed E-state index contributed by atoms with van der Waals surface area (Å²) in [6.07, 6.45) is 1.71. The molecule has 1 rings (SSSR count). The zero-order chi connectivity index (χ0) is 9.19. The Balaban J connectivity index is 3.06. The Morgan fingerprint density at radius 1 is 1.50 bits per heavy atom. The van der Waals surface area contributed by atoms with E-state index in [1.807, 2.05) is 32.0 Å². The van der Waals surface area contributed by atoms with E-state index in [-0.39, 0.29) is 5.84 Å². The predicted octanol–water partition coefficient (Wildman–Crippen LogP) is 1.30. The van der Waals surface area contributed by atoms with Crippen LogP contribution in [0.15, 0.2) is 24.4 Å². The number of nitrogens with one attached hydrogen (secondary N) is 1. The summed E-state index contributed by atoms with van der Waals surface area (Å²) in [6.45, 7) is 3.77. The second kappa shape index (κ2) is 2.93. The average Bonchev–Trinajstić information content (AvgIpc) is 2.06. The van der Waals surface area contributed by atoms with Gasteiger partial charge >= 0.3 is 0 Å². The molecule has 0 atom stereocenters. The second-order valence-electron chi connectivity index (χ2n) is 3.25. The van der Waals surface area contributed by atoms with Gasteiger partial charge in [-0.15, -0.1) is 0 Å². The van der Waals surface area contributed by atoms with Crippen LogP contribution in [0.2, 0.25) is 0 Å². The van der Waals surface area contributed by atoms with Crippen molar-refractivity contribution >= 4 is 5.84 Å². The van der Waals surface area contributed by atoms with Crippen LogP contribution in [0.1, 0.15) is 19.5 Å². The highest BCUT2D eigenvalue weighted by Crippen LogP contribution is 2.19. The maximum absolute atomic E-state index is 7.37. The normalized spacial score (nSPS) is 11.2. The van der Waals surface area contributed by atoms with Gasteiger partial charge in [-0.05, 0) is 26.0 Å². The Bertz CT molecular complexity index is 277. The second-order valence-corrected chi connectivity index (χ2v) is 3.25. The van der Waals surface area contributed by atoms with Crippen molar-refractivity contribution in [3.05, 3.63) is 30.1 Å². The van der Waals surface area contributed by atoms with Crippen molar-refractivity contribution in [1.29, 1.82) is 5.41 Å². The van der Waals surface area contributed by atoms with Gasteiger partial charge in [0.2, 0.25) is 0 Å². The van der Waals surface area contributed by atoms with Crippen LogP contribution in [0, 0.1) is 5.41 Å². The zero-order valence-corrected chi connectivity index (χ0v) is 7.33. The summed E-state index contributed by atoms with van der Waals surface area (Å²) >= 11 is 0. The minimum Gasteiger partial charge on any atom is -0.387 e. The first kappa shape index (κ1) is 8.71. The molecule has 1 aromatic heterocycles. The third kappa shape index (κ3) is 1.44. The fourth-order valence-corrected chi connectivity index (χ4v) is 0.870. The van der Waals surface area contributed by atoms with Crippen LogP contribution in [-0.4, -0.2) is 10.8 Å². The molecule has 0 bridgehead atoms. The standard InChI is InChI=1S/C9H13N3/c1-9(2,8(10)11)7-5-3-4-6-12-7/h3-6H,1-2H3,(H3,10,11). The van der Waals surface area contributed by atoms with Crippen LogP contribution < -0.4 is 5.73 Å². The minimum atomic E-state index is -0.457. The van der Waals surface area contributed by atoms with Gasteiger partial charge in [-0.1, -0.05) is 6.07 Å². The molecule has 0 aliphatic carbocycles. The first-order valence-corrected chi connectivity index (χ1v) is 3.81. The number of pyridine rings is 1. The molecule has 3 nitrogen and oxygen atoms in total. The molecule has 0 saturated carbocycles. The number of aromatic nitrogens is 1. The predicted molar refractivity (Wildman–Crippen MR) is 49.2 cm³/mol. The molecule has 0 unspecified atom stereocenters. The molecular weight excluding hydrogens is 150 g/mol. The van der Waals surface area contributed by atoms with Crippen LogP contribution in [0.3, 0.4) is 0 Å². The van der Waals surface area contributed by atoms with Crippen molar-refractivity contribution < 1.29 is 0 Å². The molecule has 0 aliphatic heterocycles. The van der Waals surface area contributed by atoms with Gasteiger partial charge in [-0.25, -0.2) is 0 Å². The van der Waals surface area contributed by atoms with E-state index in [0.29, 0.717) is 0 Å². The molecule has 64 valence electrons. The highest BCUT2D eigenvalue weighted by molar-refractivity contribution is 5.87. The third-order valence-electron chi connectivity index (χ3n) is 1.98. The molecule has 1 aromatic rings. The van der Waals surface area contributed by atoms with E-state index in [4.69, 9.17) is 11.1 Å². The Morgan fingerprint density at radius 3 is 2.58 bits per heavy atom. The largest absolute Gasteiger partial charge is 0.387 e. The molecule has 0 amide bonds. The monoisotopic (exact) mass is 163 g/mol. The summed E-state index contributed by atoms with van der Waals surface area (Å²) in [5, 5.41) is 7.37. The van der Waals surface area contributed by atoms with Crippen molar-refractivity contribution in [1.82, 2.24) is 4.98 Å². The summed E-state index contributed by atoms with van der Waals surface area (Å²) in [5.41, 5.74) is 5.82. The van der Waals surface area contributed by atoms with Crippen molar-refractivity contribution in [3.63, 3.8) is 0 Å². The summed E-state index contributed by atoms with van der Waals surface area (Å²) in [7, 11) is 0. The molecular formula is C9H13N3. The summed E-state index contributed by atoms with van der Waals surface area (Å²) < 4.78 is 0. The number of hydrogen-bond donors (Lipinski definition) is 2. The van der Waals surface area contributed by atoms with Gasteiger partial charge in [0.15, 0.2) is 0 Å². The number of hydrogen-bond acceptors (Lipinski definition) is 2. The number of rotatable bonds is 2. The summed E-state index contributed by atoms with van der Waals surface area (Å²) in [4.78, 5) is 4.15. The van der Waals surface area contributed by atoms with E-state index >= 15 is 0 Å². The fraction of sp³-hybridized carbons (Fsp3) is 0.333. The van der Waals surface area contributed by atoms with Gasteiger partial charge in [0.25, 0.3) is 0 Å². The molecule has 0 saturated heterocycles. The van der Waals surface area contributed by atoms with Gasteiger partial charge in [-0.3, -0.25) is 10.4 Å². The highest BCUT2D eigenvalue weighted by atomic mass is 14.8. The Hall–Kier alpha value is -1.38. The van der Waals surface area contributed by atoms with Crippen LogP contribution in [0.25, 0.3) is 0 Å². The number of nitrogens with zero attached hydrogens (tertiary/aromatic N) is 1. The van der Waals surface area contributed by atoms with Crippen molar-refractivity contribution in [2.45, 2.75) is 19.3 Å². The van der Waals surface area contributed by atoms with Gasteiger partial charge in [-0.2, -0.15) is 0 Å². The molecule has 1 heterocycles. The highest BCUT2D eigenvalue weighted by Gasteiger charge is 2.24. The first-order chi connectivity index (χ1) is 5.55. The molecule has 0 spiro atoms. The maximum atomic E-state index is 7.37. The molecule has 3 N–H and O–H groups in total. The van der Waals surface area contributed by atoms with Crippen LogP contribution >= 0.6 is 0 Å². The van der Waals surface area contributed by atoms with Crippen molar-refractivity contribution in [3.8, 4) is 0 Å². The molecule has 0 fully saturated rings. The van der Waals surface area contributed by atoms with Crippen LogP contribution in [0.4, 0.5) is 0 Å². The summed E-state index contributed by atoms with van der Waals surface area (Å²) in [6, 6.07) is 5.62. The quantitative estimate of drug-likeness (QED) is 0.509. The molecule has 0 aromatic carbocycles. The van der Waals surface area contributed by atoms with Gasteiger partial charge < -0.3 is 5.73 Å². The van der Waals surface area contributed by atoms with Gasteiger partial charge in [0, 0.05) is 6.20 Å². The summed E-state index contributed by atoms with van der Waals surface area (Å²) in [5.74, 6) is 0.140. The topological polar surface area (TPSA) is 62.8 Å². The van der Waals surface area contributed by atoms with Gasteiger partial charge in [0.05, 0.1) is 11.1 Å². The number of nitrogens with two attached hydrogens (primary N) is 1. The molecule has 0 aliphatic rings. The van der Waals surface area contributed by atoms with E-state index in [0.717, 1.165) is 5.69 Å². The molecule has 3 heteroatoms. The Morgan fingerprint density at radius 2 is 2.17 bits per heavy atom. The fourth-order valence-electron chi connectivity index (χ4n) is 0.870. The molecule has 0 radical (unpaired) electrons. The third-order valence-corrected chi connectivity index (χ3v) is 1.98. The van der Waals surface area contributed by atoms with E-state index in [9.17, 15) is 0 Å².